The Bertz CT molecular complexity index is 339. The summed E-state index contributed by atoms with van der Waals surface area (Å²) in [5.41, 5.74) is 0.852. The van der Waals surface area contributed by atoms with Crippen molar-refractivity contribution in [2.45, 2.75) is 39.0 Å². The number of rotatable bonds is 8. The van der Waals surface area contributed by atoms with Crippen molar-refractivity contribution in [1.29, 1.82) is 0 Å². The van der Waals surface area contributed by atoms with E-state index >= 15 is 0 Å². The third-order valence-corrected chi connectivity index (χ3v) is 3.24. The van der Waals surface area contributed by atoms with E-state index in [-0.39, 0.29) is 12.5 Å². The lowest BCUT2D eigenvalue weighted by molar-refractivity contribution is -0.120. The summed E-state index contributed by atoms with van der Waals surface area (Å²) in [6.07, 6.45) is 4.28. The number of nitrogens with zero attached hydrogens (tertiary/aromatic N) is 1. The molecule has 5 heteroatoms. The van der Waals surface area contributed by atoms with Crippen molar-refractivity contribution in [3.8, 4) is 0 Å². The molecular formula is C12H20N2O2S. The highest BCUT2D eigenvalue weighted by molar-refractivity contribution is 7.09. The minimum absolute atomic E-state index is 0.0393. The first-order valence-corrected chi connectivity index (χ1v) is 6.89. The average molecular weight is 256 g/mol. The van der Waals surface area contributed by atoms with Crippen LogP contribution in [0.4, 0.5) is 0 Å². The highest BCUT2D eigenvalue weighted by atomic mass is 32.1. The van der Waals surface area contributed by atoms with Crippen LogP contribution in [0.15, 0.2) is 5.38 Å². The van der Waals surface area contributed by atoms with Crippen molar-refractivity contribution in [3.63, 3.8) is 0 Å². The Balaban J connectivity index is 2.05. The zero-order chi connectivity index (χ0) is 12.5. The summed E-state index contributed by atoms with van der Waals surface area (Å²) in [6, 6.07) is 0. The standard InChI is InChI=1S/C12H20N2O2S/c1-10-14-11(9-17-10)8-12(16)13-6-4-2-3-5-7-15/h9,15H,2-8H2,1H3,(H,13,16). The van der Waals surface area contributed by atoms with E-state index in [1.807, 2.05) is 12.3 Å². The maximum absolute atomic E-state index is 11.5. The van der Waals surface area contributed by atoms with Crippen LogP contribution in [0.2, 0.25) is 0 Å². The number of thiazole rings is 1. The maximum atomic E-state index is 11.5. The van der Waals surface area contributed by atoms with Gasteiger partial charge in [0, 0.05) is 18.5 Å². The van der Waals surface area contributed by atoms with Crippen LogP contribution in [0.25, 0.3) is 0 Å². The molecule has 0 saturated heterocycles. The number of hydrogen-bond acceptors (Lipinski definition) is 4. The third-order valence-electron chi connectivity index (χ3n) is 2.42. The number of amides is 1. The highest BCUT2D eigenvalue weighted by Crippen LogP contribution is 2.08. The molecule has 0 spiro atoms. The minimum atomic E-state index is 0.0393. The third kappa shape index (κ3) is 6.38. The monoisotopic (exact) mass is 256 g/mol. The largest absolute Gasteiger partial charge is 0.396 e. The van der Waals surface area contributed by atoms with E-state index in [1.165, 1.54) is 0 Å². The number of aryl methyl sites for hydroxylation is 1. The first kappa shape index (κ1) is 14.1. The number of aliphatic hydroxyl groups excluding tert-OH is 1. The van der Waals surface area contributed by atoms with Gasteiger partial charge < -0.3 is 10.4 Å². The molecule has 1 aromatic rings. The molecule has 0 saturated carbocycles. The van der Waals surface area contributed by atoms with Crippen molar-refractivity contribution < 1.29 is 9.90 Å². The van der Waals surface area contributed by atoms with Gasteiger partial charge in [-0.1, -0.05) is 12.8 Å². The molecule has 0 radical (unpaired) electrons. The molecule has 1 aromatic heterocycles. The van der Waals surface area contributed by atoms with E-state index in [4.69, 9.17) is 5.11 Å². The van der Waals surface area contributed by atoms with E-state index in [2.05, 4.69) is 10.3 Å². The Morgan fingerprint density at radius 1 is 1.41 bits per heavy atom. The lowest BCUT2D eigenvalue weighted by Gasteiger charge is -2.03. The van der Waals surface area contributed by atoms with Crippen LogP contribution in [0.3, 0.4) is 0 Å². The van der Waals surface area contributed by atoms with Gasteiger partial charge in [0.05, 0.1) is 17.1 Å². The number of aliphatic hydroxyl groups is 1. The molecular weight excluding hydrogens is 236 g/mol. The molecule has 0 unspecified atom stereocenters. The van der Waals surface area contributed by atoms with Crippen LogP contribution in [-0.4, -0.2) is 29.1 Å². The molecule has 0 aromatic carbocycles. The van der Waals surface area contributed by atoms with E-state index in [1.54, 1.807) is 11.3 Å². The van der Waals surface area contributed by atoms with Gasteiger partial charge in [-0.2, -0.15) is 0 Å². The fraction of sp³-hybridized carbons (Fsp3) is 0.667. The number of aromatic nitrogens is 1. The maximum Gasteiger partial charge on any atom is 0.226 e. The van der Waals surface area contributed by atoms with Crippen LogP contribution >= 0.6 is 11.3 Å². The van der Waals surface area contributed by atoms with Crippen molar-refractivity contribution in [1.82, 2.24) is 10.3 Å². The van der Waals surface area contributed by atoms with E-state index in [9.17, 15) is 4.79 Å². The van der Waals surface area contributed by atoms with Gasteiger partial charge in [-0.25, -0.2) is 4.98 Å². The summed E-state index contributed by atoms with van der Waals surface area (Å²) >= 11 is 1.57. The van der Waals surface area contributed by atoms with Crippen molar-refractivity contribution in [2.75, 3.05) is 13.2 Å². The molecule has 0 aliphatic carbocycles. The summed E-state index contributed by atoms with van der Waals surface area (Å²) in [5.74, 6) is 0.0393. The van der Waals surface area contributed by atoms with Gasteiger partial charge in [0.25, 0.3) is 0 Å². The molecule has 1 amide bonds. The van der Waals surface area contributed by atoms with Gasteiger partial charge >= 0.3 is 0 Å². The first-order valence-electron chi connectivity index (χ1n) is 6.01. The normalized spacial score (nSPS) is 10.5. The van der Waals surface area contributed by atoms with Crippen LogP contribution in [0.1, 0.15) is 36.4 Å². The van der Waals surface area contributed by atoms with Gasteiger partial charge in [-0.15, -0.1) is 11.3 Å². The Labute approximate surface area is 106 Å². The molecule has 4 nitrogen and oxygen atoms in total. The van der Waals surface area contributed by atoms with Gasteiger partial charge in [0.15, 0.2) is 0 Å². The SMILES string of the molecule is Cc1nc(CC(=O)NCCCCCCO)cs1. The Hall–Kier alpha value is -0.940. The van der Waals surface area contributed by atoms with E-state index in [0.29, 0.717) is 13.0 Å². The quantitative estimate of drug-likeness (QED) is 0.695. The van der Waals surface area contributed by atoms with Gasteiger partial charge in [0.1, 0.15) is 0 Å². The first-order chi connectivity index (χ1) is 8.22. The summed E-state index contributed by atoms with van der Waals surface area (Å²) < 4.78 is 0. The second kappa shape index (κ2) is 8.20. The predicted molar refractivity (Wildman–Crippen MR) is 69.1 cm³/mol. The van der Waals surface area contributed by atoms with Crippen LogP contribution < -0.4 is 5.32 Å². The second-order valence-corrected chi connectivity index (χ2v) is 5.08. The van der Waals surface area contributed by atoms with Crippen LogP contribution in [-0.2, 0) is 11.2 Å². The highest BCUT2D eigenvalue weighted by Gasteiger charge is 2.05. The molecule has 2 N–H and O–H groups in total. The Kier molecular flexibility index (Phi) is 6.81. The van der Waals surface area contributed by atoms with Crippen LogP contribution in [0.5, 0.6) is 0 Å². The lowest BCUT2D eigenvalue weighted by Crippen LogP contribution is -2.26. The lowest BCUT2D eigenvalue weighted by atomic mass is 10.2. The molecule has 0 bridgehead atoms. The molecule has 0 aliphatic heterocycles. The Morgan fingerprint density at radius 2 is 2.18 bits per heavy atom. The molecule has 0 fully saturated rings. The number of nitrogens with one attached hydrogen (secondary N) is 1. The average Bonchev–Trinajstić information content (AvgIpc) is 2.69. The van der Waals surface area contributed by atoms with Crippen LogP contribution in [0, 0.1) is 6.92 Å². The van der Waals surface area contributed by atoms with E-state index in [0.717, 1.165) is 36.4 Å². The fourth-order valence-corrected chi connectivity index (χ4v) is 2.15. The summed E-state index contributed by atoms with van der Waals surface area (Å²) in [6.45, 7) is 2.91. The molecule has 17 heavy (non-hydrogen) atoms. The van der Waals surface area contributed by atoms with E-state index < -0.39 is 0 Å². The summed E-state index contributed by atoms with van der Waals surface area (Å²) in [7, 11) is 0. The molecule has 1 heterocycles. The van der Waals surface area contributed by atoms with Crippen molar-refractivity contribution >= 4 is 17.2 Å². The molecule has 96 valence electrons. The smallest absolute Gasteiger partial charge is 0.226 e. The van der Waals surface area contributed by atoms with Gasteiger partial charge in [0.2, 0.25) is 5.91 Å². The number of carbonyl (C=O) groups is 1. The summed E-state index contributed by atoms with van der Waals surface area (Å²) in [5, 5.41) is 14.4. The van der Waals surface area contributed by atoms with Crippen molar-refractivity contribution in [2.24, 2.45) is 0 Å². The van der Waals surface area contributed by atoms with Gasteiger partial charge in [-0.3, -0.25) is 4.79 Å². The fourth-order valence-electron chi connectivity index (χ4n) is 1.53. The Morgan fingerprint density at radius 3 is 2.82 bits per heavy atom. The number of carbonyl (C=O) groups excluding carboxylic acids is 1. The summed E-state index contributed by atoms with van der Waals surface area (Å²) in [4.78, 5) is 15.8. The number of hydrogen-bond donors (Lipinski definition) is 2. The molecule has 0 aliphatic rings. The second-order valence-electron chi connectivity index (χ2n) is 4.02. The topological polar surface area (TPSA) is 62.2 Å². The zero-order valence-electron chi connectivity index (χ0n) is 10.2. The van der Waals surface area contributed by atoms with Crippen molar-refractivity contribution in [3.05, 3.63) is 16.1 Å². The zero-order valence-corrected chi connectivity index (χ0v) is 11.1. The number of unbranched alkanes of at least 4 members (excludes halogenated alkanes) is 3. The molecule has 1 rings (SSSR count). The minimum Gasteiger partial charge on any atom is -0.396 e. The predicted octanol–water partition coefficient (Wildman–Crippen LogP) is 1.66. The molecule has 0 atom stereocenters. The van der Waals surface area contributed by atoms with Gasteiger partial charge in [-0.05, 0) is 19.8 Å².